The molecule has 1 saturated carbocycles. The molecule has 0 radical (unpaired) electrons. The van der Waals surface area contributed by atoms with Gasteiger partial charge >= 0.3 is 0 Å². The van der Waals surface area contributed by atoms with Crippen molar-refractivity contribution in [3.63, 3.8) is 0 Å². The van der Waals surface area contributed by atoms with Gasteiger partial charge in [0.15, 0.2) is 0 Å². The van der Waals surface area contributed by atoms with Crippen LogP contribution in [0.1, 0.15) is 54.1 Å². The molecule has 0 aromatic heterocycles. The lowest BCUT2D eigenvalue weighted by atomic mass is 9.66. The number of carbonyl (C=O) groups is 1. The van der Waals surface area contributed by atoms with Crippen molar-refractivity contribution in [2.24, 2.45) is 5.92 Å². The van der Waals surface area contributed by atoms with E-state index in [1.165, 1.54) is 0 Å². The van der Waals surface area contributed by atoms with Gasteiger partial charge in [0.25, 0.3) is 5.91 Å². The monoisotopic (exact) mass is 365 g/mol. The Morgan fingerprint density at radius 2 is 1.81 bits per heavy atom. The van der Waals surface area contributed by atoms with Crippen molar-refractivity contribution in [2.75, 3.05) is 13.7 Å². The summed E-state index contributed by atoms with van der Waals surface area (Å²) >= 11 is 0. The van der Waals surface area contributed by atoms with E-state index in [0.717, 1.165) is 37.0 Å². The number of methoxy groups -OCH3 is 1. The van der Waals surface area contributed by atoms with Crippen LogP contribution in [-0.4, -0.2) is 35.2 Å². The molecule has 4 rings (SSSR count). The van der Waals surface area contributed by atoms with Crippen LogP contribution in [0.2, 0.25) is 0 Å². The fraction of sp³-hybridized carbons (Fsp3) is 0.435. The molecule has 1 aliphatic heterocycles. The van der Waals surface area contributed by atoms with Gasteiger partial charge in [-0.05, 0) is 49.1 Å². The van der Waals surface area contributed by atoms with Gasteiger partial charge in [0, 0.05) is 18.0 Å². The Hall–Kier alpha value is -2.33. The topological polar surface area (TPSA) is 49.8 Å². The summed E-state index contributed by atoms with van der Waals surface area (Å²) in [5.74, 6) is 0.916. The quantitative estimate of drug-likeness (QED) is 0.887. The van der Waals surface area contributed by atoms with Crippen molar-refractivity contribution in [2.45, 2.75) is 43.7 Å². The highest BCUT2D eigenvalue weighted by Crippen LogP contribution is 2.49. The number of aliphatic hydroxyl groups is 1. The normalized spacial score (nSPS) is 27.7. The summed E-state index contributed by atoms with van der Waals surface area (Å²) in [6.45, 7) is 0.581. The van der Waals surface area contributed by atoms with E-state index in [1.54, 1.807) is 7.11 Å². The van der Waals surface area contributed by atoms with E-state index in [-0.39, 0.29) is 17.9 Å². The number of amides is 1. The van der Waals surface area contributed by atoms with Crippen LogP contribution < -0.4 is 4.74 Å². The molecule has 0 unspecified atom stereocenters. The van der Waals surface area contributed by atoms with Gasteiger partial charge < -0.3 is 14.7 Å². The number of benzene rings is 2. The molecule has 1 aliphatic carbocycles. The summed E-state index contributed by atoms with van der Waals surface area (Å²) in [6.07, 6.45) is 4.61. The summed E-state index contributed by atoms with van der Waals surface area (Å²) in [5.41, 5.74) is 1.11. The average molecular weight is 365 g/mol. The molecule has 142 valence electrons. The van der Waals surface area contributed by atoms with Crippen molar-refractivity contribution in [3.05, 3.63) is 65.7 Å². The Kier molecular flexibility index (Phi) is 4.92. The summed E-state index contributed by atoms with van der Waals surface area (Å²) in [5, 5.41) is 11.3. The predicted molar refractivity (Wildman–Crippen MR) is 105 cm³/mol. The van der Waals surface area contributed by atoms with Crippen LogP contribution in [0.5, 0.6) is 5.75 Å². The molecular weight excluding hydrogens is 338 g/mol. The van der Waals surface area contributed by atoms with Crippen LogP contribution in [0.4, 0.5) is 0 Å². The second kappa shape index (κ2) is 7.35. The van der Waals surface area contributed by atoms with Gasteiger partial charge in [-0.1, -0.05) is 43.2 Å². The molecule has 2 fully saturated rings. The number of likely N-dealkylation sites (tertiary alicyclic amines) is 1. The Morgan fingerprint density at radius 3 is 2.52 bits per heavy atom. The lowest BCUT2D eigenvalue weighted by Crippen LogP contribution is -2.56. The first-order valence-electron chi connectivity index (χ1n) is 9.85. The Morgan fingerprint density at radius 1 is 1.07 bits per heavy atom. The fourth-order valence-corrected chi connectivity index (χ4v) is 4.87. The number of ether oxygens (including phenoxy) is 1. The van der Waals surface area contributed by atoms with Crippen LogP contribution in [0, 0.1) is 5.92 Å². The number of fused-ring (bicyclic) bond motifs is 1. The number of piperidine rings is 1. The number of rotatable bonds is 3. The highest BCUT2D eigenvalue weighted by atomic mass is 16.5. The minimum atomic E-state index is -0.670. The van der Waals surface area contributed by atoms with E-state index in [0.29, 0.717) is 18.5 Å². The minimum absolute atomic E-state index is 0.0454. The molecule has 0 spiro atoms. The SMILES string of the molecule is COc1ccc([C@@H]2[C@@H]3CCCC[C@@]3(O)CCN2C(=O)c2ccccc2)cc1. The maximum atomic E-state index is 13.3. The third-order valence-corrected chi connectivity index (χ3v) is 6.31. The van der Waals surface area contributed by atoms with Crippen molar-refractivity contribution in [3.8, 4) is 5.75 Å². The first-order valence-corrected chi connectivity index (χ1v) is 9.85. The molecule has 2 aliphatic rings. The largest absolute Gasteiger partial charge is 0.497 e. The highest BCUT2D eigenvalue weighted by Gasteiger charge is 2.50. The van der Waals surface area contributed by atoms with Crippen molar-refractivity contribution >= 4 is 5.91 Å². The molecular formula is C23H27NO3. The fourth-order valence-electron chi connectivity index (χ4n) is 4.87. The van der Waals surface area contributed by atoms with Crippen molar-refractivity contribution in [1.29, 1.82) is 0 Å². The Labute approximate surface area is 160 Å². The zero-order valence-corrected chi connectivity index (χ0v) is 15.8. The second-order valence-electron chi connectivity index (χ2n) is 7.79. The number of nitrogens with zero attached hydrogens (tertiary/aromatic N) is 1. The molecule has 2 aromatic rings. The van der Waals surface area contributed by atoms with Gasteiger partial charge in [0.1, 0.15) is 5.75 Å². The predicted octanol–water partition coefficient (Wildman–Crippen LogP) is 4.20. The summed E-state index contributed by atoms with van der Waals surface area (Å²) in [6, 6.07) is 17.3. The smallest absolute Gasteiger partial charge is 0.254 e. The van der Waals surface area contributed by atoms with Crippen LogP contribution in [0.3, 0.4) is 0 Å². The first-order chi connectivity index (χ1) is 13.1. The van der Waals surface area contributed by atoms with Gasteiger partial charge in [-0.3, -0.25) is 4.79 Å². The van der Waals surface area contributed by atoms with E-state index in [2.05, 4.69) is 0 Å². The van der Waals surface area contributed by atoms with E-state index in [1.807, 2.05) is 59.5 Å². The standard InChI is InChI=1S/C23H27NO3/c1-27-19-12-10-17(11-13-19)21-20-9-5-6-14-23(20,26)15-16-24(21)22(25)18-7-3-2-4-8-18/h2-4,7-8,10-13,20-21,26H,5-6,9,14-16H2,1H3/t20-,21+,23+/m0/s1. The second-order valence-corrected chi connectivity index (χ2v) is 7.79. The third kappa shape index (κ3) is 3.34. The van der Waals surface area contributed by atoms with Crippen LogP contribution in [-0.2, 0) is 0 Å². The first kappa shape index (κ1) is 18.1. The molecule has 1 heterocycles. The molecule has 4 nitrogen and oxygen atoms in total. The van der Waals surface area contributed by atoms with Crippen LogP contribution in [0.25, 0.3) is 0 Å². The molecule has 2 aromatic carbocycles. The molecule has 0 bridgehead atoms. The van der Waals surface area contributed by atoms with Crippen molar-refractivity contribution < 1.29 is 14.6 Å². The highest BCUT2D eigenvalue weighted by molar-refractivity contribution is 5.94. The Bertz CT molecular complexity index is 789. The van der Waals surface area contributed by atoms with Gasteiger partial charge in [-0.25, -0.2) is 0 Å². The maximum absolute atomic E-state index is 13.3. The van der Waals surface area contributed by atoms with E-state index in [9.17, 15) is 9.90 Å². The molecule has 1 N–H and O–H groups in total. The summed E-state index contributed by atoms with van der Waals surface area (Å²) in [7, 11) is 1.65. The van der Waals surface area contributed by atoms with Gasteiger partial charge in [-0.15, -0.1) is 0 Å². The van der Waals surface area contributed by atoms with Crippen LogP contribution >= 0.6 is 0 Å². The number of hydrogen-bond acceptors (Lipinski definition) is 3. The van der Waals surface area contributed by atoms with E-state index < -0.39 is 5.60 Å². The summed E-state index contributed by atoms with van der Waals surface area (Å²) < 4.78 is 5.30. The van der Waals surface area contributed by atoms with Crippen LogP contribution in [0.15, 0.2) is 54.6 Å². The zero-order valence-electron chi connectivity index (χ0n) is 15.8. The molecule has 4 heteroatoms. The zero-order chi connectivity index (χ0) is 18.9. The van der Waals surface area contributed by atoms with Gasteiger partial charge in [-0.2, -0.15) is 0 Å². The van der Waals surface area contributed by atoms with Crippen molar-refractivity contribution in [1.82, 2.24) is 4.90 Å². The molecule has 1 saturated heterocycles. The minimum Gasteiger partial charge on any atom is -0.497 e. The third-order valence-electron chi connectivity index (χ3n) is 6.31. The maximum Gasteiger partial charge on any atom is 0.254 e. The van der Waals surface area contributed by atoms with Gasteiger partial charge in [0.2, 0.25) is 0 Å². The van der Waals surface area contributed by atoms with Gasteiger partial charge in [0.05, 0.1) is 18.8 Å². The summed E-state index contributed by atoms with van der Waals surface area (Å²) in [4.78, 5) is 15.3. The molecule has 1 amide bonds. The number of hydrogen-bond donors (Lipinski definition) is 1. The molecule has 3 atom stereocenters. The van der Waals surface area contributed by atoms with E-state index in [4.69, 9.17) is 4.74 Å². The molecule has 27 heavy (non-hydrogen) atoms. The Balaban J connectivity index is 1.73. The number of carbonyl (C=O) groups excluding carboxylic acids is 1. The van der Waals surface area contributed by atoms with E-state index >= 15 is 0 Å². The lowest BCUT2D eigenvalue weighted by molar-refractivity contribution is -0.115. The lowest BCUT2D eigenvalue weighted by Gasteiger charge is -2.52. The average Bonchev–Trinajstić information content (AvgIpc) is 2.73.